The van der Waals surface area contributed by atoms with Gasteiger partial charge in [-0.25, -0.2) is 9.38 Å². The molecule has 1 aromatic heterocycles. The predicted octanol–water partition coefficient (Wildman–Crippen LogP) is 9.30. The Kier molecular flexibility index (Phi) is 4.83. The number of aromatic nitrogens is 1. The van der Waals surface area contributed by atoms with E-state index in [-0.39, 0.29) is 18.6 Å². The van der Waals surface area contributed by atoms with Crippen molar-refractivity contribution >= 4 is 41.4 Å². The molecule has 5 aromatic carbocycles. The van der Waals surface area contributed by atoms with Gasteiger partial charge in [0, 0.05) is 33.9 Å². The summed E-state index contributed by atoms with van der Waals surface area (Å²) in [6.07, 6.45) is 2.32. The van der Waals surface area contributed by atoms with Gasteiger partial charge in [-0.2, -0.15) is 0 Å². The molecule has 0 fully saturated rings. The van der Waals surface area contributed by atoms with E-state index in [9.17, 15) is 0 Å². The van der Waals surface area contributed by atoms with Crippen molar-refractivity contribution in [2.45, 2.75) is 32.2 Å². The Bertz CT molecular complexity index is 2210. The average Bonchev–Trinajstić information content (AvgIpc) is 3.60. The molecule has 4 bridgehead atoms. The number of rotatable bonds is 1. The second-order valence-corrected chi connectivity index (χ2v) is 13.3. The topological polar surface area (TPSA) is 13.6 Å². The molecule has 0 saturated carbocycles. The summed E-state index contributed by atoms with van der Waals surface area (Å²) in [4.78, 5) is 7.80. The maximum absolute atomic E-state index is 2.62. The third-order valence-corrected chi connectivity index (χ3v) is 10.7. The van der Waals surface area contributed by atoms with E-state index in [1.54, 1.807) is 0 Å². The molecular formula is C40H32BN4+. The smallest absolute Gasteiger partial charge is 0.319 e. The normalized spacial score (nSPS) is 17.4. The zero-order valence-corrected chi connectivity index (χ0v) is 25.6. The van der Waals surface area contributed by atoms with Crippen molar-refractivity contribution in [3.63, 3.8) is 0 Å². The zero-order chi connectivity index (χ0) is 30.0. The lowest BCUT2D eigenvalue weighted by molar-refractivity contribution is -0.699. The van der Waals surface area contributed by atoms with Gasteiger partial charge < -0.3 is 9.62 Å². The number of pyridine rings is 1. The predicted molar refractivity (Wildman–Crippen MR) is 185 cm³/mol. The first-order valence-electron chi connectivity index (χ1n) is 16.0. The number of para-hydroxylation sites is 4. The molecule has 45 heavy (non-hydrogen) atoms. The Balaban J connectivity index is 1.39. The van der Waals surface area contributed by atoms with Gasteiger partial charge in [-0.05, 0) is 53.4 Å². The molecule has 4 nitrogen and oxygen atoms in total. The number of nitrogens with zero attached hydrogens (tertiary/aromatic N) is 4. The first-order valence-corrected chi connectivity index (χ1v) is 16.0. The number of benzene rings is 5. The Morgan fingerprint density at radius 3 is 2.04 bits per heavy atom. The summed E-state index contributed by atoms with van der Waals surface area (Å²) in [5, 5.41) is 0. The summed E-state index contributed by atoms with van der Waals surface area (Å²) in [6.45, 7) is 7.07. The fourth-order valence-corrected chi connectivity index (χ4v) is 8.34. The quantitative estimate of drug-likeness (QED) is 0.142. The molecule has 214 valence electrons. The molecule has 0 N–H and O–H groups in total. The van der Waals surface area contributed by atoms with Crippen molar-refractivity contribution in [2.75, 3.05) is 14.4 Å². The molecule has 6 aromatic rings. The van der Waals surface area contributed by atoms with Gasteiger partial charge in [0.25, 0.3) is 5.82 Å². The molecule has 0 amide bonds. The van der Waals surface area contributed by atoms with E-state index in [1.807, 2.05) is 0 Å². The molecule has 0 saturated heterocycles. The summed E-state index contributed by atoms with van der Waals surface area (Å²) in [6, 6.07) is 47.8. The molecule has 4 aliphatic heterocycles. The fraction of sp³-hybridized carbons (Fsp3) is 0.125. The highest BCUT2D eigenvalue weighted by atomic mass is 15.5. The van der Waals surface area contributed by atoms with Crippen LogP contribution in [0.2, 0.25) is 0 Å². The van der Waals surface area contributed by atoms with Crippen LogP contribution in [0, 0.1) is 0 Å². The Morgan fingerprint density at radius 2 is 1.22 bits per heavy atom. The molecule has 1 atom stereocenters. The molecule has 4 aliphatic rings. The third kappa shape index (κ3) is 3.15. The summed E-state index contributed by atoms with van der Waals surface area (Å²) in [5.74, 6) is 1.23. The van der Waals surface area contributed by atoms with Crippen molar-refractivity contribution in [1.29, 1.82) is 0 Å². The van der Waals surface area contributed by atoms with E-state index < -0.39 is 0 Å². The van der Waals surface area contributed by atoms with Gasteiger partial charge in [-0.15, -0.1) is 0 Å². The minimum Gasteiger partial charge on any atom is -0.319 e. The zero-order valence-electron chi connectivity index (χ0n) is 25.6. The molecule has 5 heterocycles. The Labute approximate surface area is 264 Å². The van der Waals surface area contributed by atoms with E-state index in [2.05, 4.69) is 173 Å². The second kappa shape index (κ2) is 8.67. The van der Waals surface area contributed by atoms with Gasteiger partial charge in [0.2, 0.25) is 0 Å². The standard InChI is InChI=1S/C40H32BN4/c1-26-31-16-11-21-36-39(31)45-37-25-30(22-23-42(26)37)40(2,3)29-15-9-14-28(24-29)33-18-10-17-32(27-12-5-4-6-13-27)38(33)44-35-20-8-7-19-34(35)43(36)41(44)45/h4-26H,1-3H3/q+1/t26-/m1/s1. The van der Waals surface area contributed by atoms with E-state index in [0.717, 1.165) is 0 Å². The van der Waals surface area contributed by atoms with Crippen LogP contribution < -0.4 is 19.0 Å². The summed E-state index contributed by atoms with van der Waals surface area (Å²) >= 11 is 0. The van der Waals surface area contributed by atoms with Crippen LogP contribution in [0.4, 0.5) is 34.3 Å². The summed E-state index contributed by atoms with van der Waals surface area (Å²) < 4.78 is 2.47. The van der Waals surface area contributed by atoms with Crippen LogP contribution in [0.1, 0.15) is 43.5 Å². The van der Waals surface area contributed by atoms with Crippen molar-refractivity contribution in [2.24, 2.45) is 0 Å². The lowest BCUT2D eigenvalue weighted by Crippen LogP contribution is -2.58. The number of anilines is 6. The van der Waals surface area contributed by atoms with Crippen molar-refractivity contribution in [1.82, 2.24) is 0 Å². The Morgan fingerprint density at radius 1 is 0.578 bits per heavy atom. The number of fused-ring (bicyclic) bond motifs is 10. The molecule has 10 rings (SSSR count). The maximum atomic E-state index is 2.62. The van der Waals surface area contributed by atoms with Crippen LogP contribution in [-0.2, 0) is 5.41 Å². The fourth-order valence-electron chi connectivity index (χ4n) is 8.34. The van der Waals surface area contributed by atoms with E-state index in [1.165, 1.54) is 73.2 Å². The van der Waals surface area contributed by atoms with Crippen molar-refractivity contribution in [3.05, 3.63) is 150 Å². The highest BCUT2D eigenvalue weighted by Gasteiger charge is 2.63. The molecule has 0 radical (unpaired) electrons. The molecular weight excluding hydrogens is 547 g/mol. The van der Waals surface area contributed by atoms with Crippen LogP contribution in [-0.4, -0.2) is 7.12 Å². The van der Waals surface area contributed by atoms with Crippen LogP contribution in [0.5, 0.6) is 0 Å². The molecule has 0 aliphatic carbocycles. The highest BCUT2D eigenvalue weighted by Crippen LogP contribution is 2.60. The van der Waals surface area contributed by atoms with Gasteiger partial charge in [-0.1, -0.05) is 111 Å². The molecule has 5 heteroatoms. The van der Waals surface area contributed by atoms with Gasteiger partial charge in [0.1, 0.15) is 11.7 Å². The monoisotopic (exact) mass is 579 g/mol. The third-order valence-electron chi connectivity index (χ3n) is 10.7. The van der Waals surface area contributed by atoms with E-state index in [4.69, 9.17) is 0 Å². The number of hydrogen-bond acceptors (Lipinski definition) is 3. The van der Waals surface area contributed by atoms with Crippen LogP contribution in [0.25, 0.3) is 22.3 Å². The lowest BCUT2D eigenvalue weighted by atomic mass is 9.76. The lowest BCUT2D eigenvalue weighted by Gasteiger charge is -2.35. The van der Waals surface area contributed by atoms with E-state index in [0.29, 0.717) is 0 Å². The van der Waals surface area contributed by atoms with Gasteiger partial charge in [0.05, 0.1) is 23.3 Å². The summed E-state index contributed by atoms with van der Waals surface area (Å²) in [5.41, 5.74) is 15.0. The van der Waals surface area contributed by atoms with Crippen LogP contribution >= 0.6 is 0 Å². The van der Waals surface area contributed by atoms with Gasteiger partial charge in [-0.3, -0.25) is 0 Å². The largest absolute Gasteiger partial charge is 0.643 e. The minimum atomic E-state index is -0.192. The van der Waals surface area contributed by atoms with Crippen molar-refractivity contribution in [3.8, 4) is 22.3 Å². The SMILES string of the molecule is C[C@@H]1c2cccc3c2N2B4N3c3ccccc3N4c3c(-c4ccccc4)cccc3-c3cccc(c3)C(C)(C)c3cc[n+]1c2c3. The second-order valence-electron chi connectivity index (χ2n) is 13.3. The Hall–Kier alpha value is -5.29. The van der Waals surface area contributed by atoms with Crippen molar-refractivity contribution < 1.29 is 4.57 Å². The van der Waals surface area contributed by atoms with Crippen LogP contribution in [0.15, 0.2) is 134 Å². The average molecular weight is 580 g/mol. The van der Waals surface area contributed by atoms with Gasteiger partial charge >= 0.3 is 7.12 Å². The summed E-state index contributed by atoms with van der Waals surface area (Å²) in [7, 11) is -0.109. The number of hydrogen-bond donors (Lipinski definition) is 0. The molecule has 0 unspecified atom stereocenters. The highest BCUT2D eigenvalue weighted by molar-refractivity contribution is 6.80. The minimum absolute atomic E-state index is 0.109. The maximum Gasteiger partial charge on any atom is 0.643 e. The van der Waals surface area contributed by atoms with E-state index >= 15 is 0 Å². The van der Waals surface area contributed by atoms with Gasteiger partial charge in [0.15, 0.2) is 0 Å². The van der Waals surface area contributed by atoms with Crippen LogP contribution in [0.3, 0.4) is 0 Å². The first kappa shape index (κ1) is 25.1. The molecule has 0 spiro atoms. The first-order chi connectivity index (χ1) is 22.0.